The Morgan fingerprint density at radius 3 is 2.50 bits per heavy atom. The van der Waals surface area contributed by atoms with Gasteiger partial charge in [-0.2, -0.15) is 0 Å². The van der Waals surface area contributed by atoms with Crippen molar-refractivity contribution in [3.63, 3.8) is 0 Å². The summed E-state index contributed by atoms with van der Waals surface area (Å²) in [5.41, 5.74) is 2.55. The molecule has 0 rings (SSSR count). The van der Waals surface area contributed by atoms with Crippen LogP contribution in [0, 0.1) is 0 Å². The Labute approximate surface area is 50.8 Å². The average molecular weight is 196 g/mol. The summed E-state index contributed by atoms with van der Waals surface area (Å²) >= 11 is 1.99. The fourth-order valence-electron chi connectivity index (χ4n) is 0.0722. The lowest BCUT2D eigenvalue weighted by molar-refractivity contribution is 0.332. The second-order valence-electron chi connectivity index (χ2n) is 0.655. The van der Waals surface area contributed by atoms with E-state index in [1.165, 1.54) is 0 Å². The van der Waals surface area contributed by atoms with Crippen molar-refractivity contribution in [3.05, 3.63) is 16.1 Å². The predicted molar refractivity (Wildman–Crippen MR) is 33.7 cm³/mol. The molecule has 0 atom stereocenters. The topological polar surface area (TPSA) is 9.23 Å². The lowest BCUT2D eigenvalue weighted by Crippen LogP contribution is -1.66. The van der Waals surface area contributed by atoms with Crippen LogP contribution in [0.3, 0.4) is 0 Å². The normalized spacial score (nSPS) is 6.33. The third kappa shape index (κ3) is 2.30. The van der Waals surface area contributed by atoms with Crippen molar-refractivity contribution in [1.82, 2.24) is 0 Å². The van der Waals surface area contributed by atoms with E-state index in [4.69, 9.17) is 0 Å². The highest BCUT2D eigenvalue weighted by Gasteiger charge is 1.73. The first kappa shape index (κ1) is 6.05. The maximum absolute atomic E-state index is 4.63. The standard InChI is InChI=1S/C4H5IO/c1-3-4(5)6-2/h1H2,2H3. The molecule has 0 heterocycles. The van der Waals surface area contributed by atoms with Gasteiger partial charge in [0.1, 0.15) is 0 Å². The maximum Gasteiger partial charge on any atom is 0.199 e. The van der Waals surface area contributed by atoms with Crippen molar-refractivity contribution in [2.24, 2.45) is 0 Å². The van der Waals surface area contributed by atoms with E-state index in [1.54, 1.807) is 7.11 Å². The molecule has 1 nitrogen and oxygen atoms in total. The van der Waals surface area contributed by atoms with E-state index >= 15 is 0 Å². The molecule has 0 spiro atoms. The minimum atomic E-state index is 0.701. The van der Waals surface area contributed by atoms with Crippen LogP contribution in [0.2, 0.25) is 0 Å². The number of ether oxygens (including phenoxy) is 1. The predicted octanol–water partition coefficient (Wildman–Crippen LogP) is 1.69. The van der Waals surface area contributed by atoms with Gasteiger partial charge in [-0.05, 0) is 0 Å². The Kier molecular flexibility index (Phi) is 3.28. The molecule has 0 aromatic carbocycles. The molecule has 34 valence electrons. The first-order valence-electron chi connectivity index (χ1n) is 1.40. The molecule has 2 heteroatoms. The Morgan fingerprint density at radius 1 is 2.00 bits per heavy atom. The van der Waals surface area contributed by atoms with E-state index in [-0.39, 0.29) is 0 Å². The van der Waals surface area contributed by atoms with Gasteiger partial charge in [-0.15, -0.1) is 0 Å². The van der Waals surface area contributed by atoms with Gasteiger partial charge in [0.15, 0.2) is 3.77 Å². The molecule has 0 radical (unpaired) electrons. The quantitative estimate of drug-likeness (QED) is 0.352. The van der Waals surface area contributed by atoms with Crippen molar-refractivity contribution in [2.45, 2.75) is 0 Å². The summed E-state index contributed by atoms with van der Waals surface area (Å²) in [6.45, 7) is 3.34. The van der Waals surface area contributed by atoms with Crippen LogP contribution >= 0.6 is 22.6 Å². The van der Waals surface area contributed by atoms with Crippen molar-refractivity contribution in [2.75, 3.05) is 7.11 Å². The molecule has 0 unspecified atom stereocenters. The van der Waals surface area contributed by atoms with Crippen molar-refractivity contribution < 1.29 is 4.74 Å². The number of rotatable bonds is 1. The van der Waals surface area contributed by atoms with Crippen molar-refractivity contribution >= 4 is 22.6 Å². The van der Waals surface area contributed by atoms with Gasteiger partial charge < -0.3 is 4.74 Å². The monoisotopic (exact) mass is 196 g/mol. The molecule has 0 saturated carbocycles. The third-order valence-corrected chi connectivity index (χ3v) is 1.14. The van der Waals surface area contributed by atoms with Gasteiger partial charge in [0, 0.05) is 22.6 Å². The second kappa shape index (κ2) is 3.25. The van der Waals surface area contributed by atoms with Crippen LogP contribution in [0.25, 0.3) is 0 Å². The van der Waals surface area contributed by atoms with Crippen LogP contribution in [-0.2, 0) is 4.74 Å². The summed E-state index contributed by atoms with van der Waals surface area (Å²) in [5.74, 6) is 0. The number of hydrogen-bond acceptors (Lipinski definition) is 1. The molecule has 0 aliphatic carbocycles. The molecular weight excluding hydrogens is 191 g/mol. The van der Waals surface area contributed by atoms with E-state index in [0.717, 1.165) is 0 Å². The summed E-state index contributed by atoms with van der Waals surface area (Å²) < 4.78 is 5.33. The van der Waals surface area contributed by atoms with Gasteiger partial charge >= 0.3 is 0 Å². The van der Waals surface area contributed by atoms with E-state index in [2.05, 4.69) is 17.0 Å². The lowest BCUT2D eigenvalue weighted by atomic mass is 10.9. The zero-order valence-electron chi connectivity index (χ0n) is 3.49. The Balaban J connectivity index is 3.52. The van der Waals surface area contributed by atoms with Crippen molar-refractivity contribution in [3.8, 4) is 0 Å². The van der Waals surface area contributed by atoms with Gasteiger partial charge in [-0.1, -0.05) is 12.3 Å². The summed E-state index contributed by atoms with van der Waals surface area (Å²) in [5, 5.41) is 0. The van der Waals surface area contributed by atoms with Crippen molar-refractivity contribution in [1.29, 1.82) is 0 Å². The van der Waals surface area contributed by atoms with Crippen LogP contribution in [0.1, 0.15) is 0 Å². The molecule has 0 aromatic rings. The van der Waals surface area contributed by atoms with Crippen LogP contribution < -0.4 is 0 Å². The zero-order valence-corrected chi connectivity index (χ0v) is 5.65. The minimum Gasteiger partial charge on any atom is -0.485 e. The van der Waals surface area contributed by atoms with E-state index < -0.39 is 0 Å². The first-order valence-corrected chi connectivity index (χ1v) is 2.48. The summed E-state index contributed by atoms with van der Waals surface area (Å²) in [4.78, 5) is 0. The van der Waals surface area contributed by atoms with Gasteiger partial charge in [0.25, 0.3) is 0 Å². The van der Waals surface area contributed by atoms with E-state index in [9.17, 15) is 0 Å². The molecule has 0 aliphatic rings. The number of methoxy groups -OCH3 is 1. The first-order chi connectivity index (χ1) is 2.81. The van der Waals surface area contributed by atoms with Crippen LogP contribution in [0.4, 0.5) is 0 Å². The molecule has 0 fully saturated rings. The average Bonchev–Trinajstić information content (AvgIpc) is 1.65. The molecule has 0 N–H and O–H groups in total. The Bertz CT molecular complexity index is 81.5. The van der Waals surface area contributed by atoms with Gasteiger partial charge in [0.05, 0.1) is 7.11 Å². The van der Waals surface area contributed by atoms with Crippen LogP contribution in [0.15, 0.2) is 16.1 Å². The van der Waals surface area contributed by atoms with Gasteiger partial charge in [-0.3, -0.25) is 0 Å². The fraction of sp³-hybridized carbons (Fsp3) is 0.250. The molecule has 0 saturated heterocycles. The maximum atomic E-state index is 4.63. The van der Waals surface area contributed by atoms with E-state index in [1.807, 2.05) is 22.6 Å². The SMILES string of the molecule is C=C=C(I)OC. The summed E-state index contributed by atoms with van der Waals surface area (Å²) in [6, 6.07) is 0. The smallest absolute Gasteiger partial charge is 0.199 e. The zero-order chi connectivity index (χ0) is 4.99. The molecular formula is C4H5IO. The highest BCUT2D eigenvalue weighted by atomic mass is 127. The Morgan fingerprint density at radius 2 is 2.50 bits per heavy atom. The molecule has 0 aromatic heterocycles. The Hall–Kier alpha value is 0.0500. The molecule has 0 amide bonds. The molecule has 6 heavy (non-hydrogen) atoms. The van der Waals surface area contributed by atoms with Gasteiger partial charge in [0.2, 0.25) is 0 Å². The largest absolute Gasteiger partial charge is 0.485 e. The molecule has 0 bridgehead atoms. The van der Waals surface area contributed by atoms with Crippen LogP contribution in [0.5, 0.6) is 0 Å². The molecule has 0 aliphatic heterocycles. The highest BCUT2D eigenvalue weighted by Crippen LogP contribution is 2.00. The lowest BCUT2D eigenvalue weighted by Gasteiger charge is -1.85. The highest BCUT2D eigenvalue weighted by molar-refractivity contribution is 14.1. The third-order valence-electron chi connectivity index (χ3n) is 0.318. The minimum absolute atomic E-state index is 0.701. The fourth-order valence-corrected chi connectivity index (χ4v) is 0.0722. The second-order valence-corrected chi connectivity index (χ2v) is 1.63. The summed E-state index contributed by atoms with van der Waals surface area (Å²) in [6.07, 6.45) is 0. The van der Waals surface area contributed by atoms with Crippen LogP contribution in [-0.4, -0.2) is 7.11 Å². The van der Waals surface area contributed by atoms with E-state index in [0.29, 0.717) is 3.77 Å². The van der Waals surface area contributed by atoms with Gasteiger partial charge in [-0.25, -0.2) is 0 Å². The summed E-state index contributed by atoms with van der Waals surface area (Å²) in [7, 11) is 1.58. The number of halogens is 1. The number of hydrogen-bond donors (Lipinski definition) is 0.